The molecular weight excluding hydrogens is 2420 g/mol. The normalized spacial score (nSPS) is 25.4. The van der Waals surface area contributed by atoms with Crippen LogP contribution < -0.4 is 317 Å². The second-order valence-electron chi connectivity index (χ2n) is 28.6. The molecule has 1 aliphatic rings. The van der Waals surface area contributed by atoms with Crippen molar-refractivity contribution in [1.29, 1.82) is 0 Å². The van der Waals surface area contributed by atoms with Crippen LogP contribution in [0.4, 0.5) is 0 Å². The maximum absolute atomic E-state index is 17.1. The van der Waals surface area contributed by atoms with Crippen LogP contribution in [0.25, 0.3) is 0 Å². The molecule has 13 rings (SSSR count). The summed E-state index contributed by atoms with van der Waals surface area (Å²) in [5.74, 6) is 0. The predicted molar refractivity (Wildman–Crippen MR) is 474 cm³/mol. The molecule has 0 bridgehead atoms. The molecule has 0 N–H and O–H groups in total. The minimum Gasteiger partial charge on any atom is -0.814 e. The molecule has 0 spiro atoms. The van der Waals surface area contributed by atoms with Crippen LogP contribution in [0.3, 0.4) is 0 Å². The summed E-state index contributed by atoms with van der Waals surface area (Å²) < 4.78 is 77.5. The molecule has 136 heavy (non-hydrogen) atoms. The summed E-state index contributed by atoms with van der Waals surface area (Å²) >= 11 is 0. The zero-order valence-electron chi connectivity index (χ0n) is 75.4. The molecule has 0 atom stereocenters. The fraction of sp³-hybridized carbons (Fsp3) is 0.0952. The Labute approximate surface area is 1010 Å². The van der Waals surface area contributed by atoms with Crippen LogP contribution in [0.1, 0.15) is 0 Å². The van der Waals surface area contributed by atoms with Crippen LogP contribution in [0.15, 0.2) is 364 Å². The average molecular weight is 2500 g/mol. The molecule has 12 aromatic carbocycles. The molecule has 1 aliphatic heterocycles. The quantitative estimate of drug-likeness (QED) is 0.0640. The minimum absolute atomic E-state index is 0. The largest absolute Gasteiger partial charge is 2.00 e. The van der Waals surface area contributed by atoms with E-state index in [1.54, 1.807) is 56.4 Å². The molecule has 1 fully saturated rings. The van der Waals surface area contributed by atoms with Crippen LogP contribution in [-0.4, -0.2) is 207 Å². The third-order valence-electron chi connectivity index (χ3n) is 17.6. The number of hydrogen-bond donors (Lipinski definition) is 0. The van der Waals surface area contributed by atoms with E-state index in [-0.39, 0.29) is 265 Å². The van der Waals surface area contributed by atoms with Gasteiger partial charge in [0.05, 0.1) is 0 Å². The fourth-order valence-electron chi connectivity index (χ4n) is 11.5. The van der Waals surface area contributed by atoms with E-state index in [4.69, 9.17) is 49.4 Å². The van der Waals surface area contributed by atoms with E-state index in [2.05, 4.69) is 0 Å². The van der Waals surface area contributed by atoms with Crippen molar-refractivity contribution < 1.29 is 391 Å². The minimum atomic E-state index is -6.50. The van der Waals surface area contributed by atoms with Crippen LogP contribution in [0.2, 0.25) is 0 Å². The summed E-state index contributed by atoms with van der Waals surface area (Å²) in [6, 6.07) is 76.6. The molecule has 708 valence electrons. The maximum Gasteiger partial charge on any atom is 2.00 e. The van der Waals surface area contributed by atoms with Gasteiger partial charge in [0.25, 0.3) is 106 Å². The van der Waals surface area contributed by atoms with Crippen molar-refractivity contribution in [1.82, 2.24) is 19.6 Å². The Morgan fingerprint density at radius 2 is 0.213 bits per heavy atom. The SMILES string of the molecule is CN(C)C=O.CN(C)C=O.CN(C)C=O.CN(C)C=O.[Cs+].[Cs+].[Cu+2].[Cu+2].[Cu+2].[Cu+2].[Na+].[Na+].[O-][Si]1(c2ccccc2)O[Si]([O-])(c2ccccc2)O[Si]([O-])(c2ccccc2)O[Si]([O-])(c2ccccc2)O[Si]([O-])(c2ccccc2)O[Si]([O-])(c2ccccc2)O[Si]([O-])(c2ccccc2)O[Si]([O-])(c2ccccc2)O[Si]([O-])(c2ccccc2)O[Si]([O-])(c2ccccc2)O[Si]([O-])(c2ccccc2)O[Si]([O-])(c2ccccc2)O1. The van der Waals surface area contributed by atoms with Crippen LogP contribution in [0.5, 0.6) is 0 Å². The number of benzene rings is 12. The van der Waals surface area contributed by atoms with Gasteiger partial charge in [0.15, 0.2) is 0 Å². The van der Waals surface area contributed by atoms with Gasteiger partial charge < -0.3 is 127 Å². The van der Waals surface area contributed by atoms with Gasteiger partial charge in [-0.2, -0.15) is 0 Å². The first kappa shape index (κ1) is 132. The van der Waals surface area contributed by atoms with E-state index in [0.29, 0.717) is 0 Å². The van der Waals surface area contributed by atoms with Gasteiger partial charge in [0, 0.05) is 56.4 Å². The summed E-state index contributed by atoms with van der Waals surface area (Å²) in [6.07, 6.45) is 3.00. The van der Waals surface area contributed by atoms with E-state index < -0.39 is 168 Å². The summed E-state index contributed by atoms with van der Waals surface area (Å²) in [5, 5.41) is -6.81. The second-order valence-corrected chi connectivity index (χ2v) is 58.6. The van der Waals surface area contributed by atoms with Crippen molar-refractivity contribution in [3.05, 3.63) is 364 Å². The van der Waals surface area contributed by atoms with E-state index in [1.165, 1.54) is 238 Å². The topological polar surface area (TPSA) is 469 Å². The molecule has 0 aliphatic carbocycles. The second kappa shape index (κ2) is 61.8. The monoisotopic (exact) mass is 2500 g/mol. The molecular formula is C84H88Cs2Cu4N4Na2O28Si12. The zero-order valence-corrected chi connectivity index (χ0v) is 108. The molecule has 0 unspecified atom stereocenters. The number of carbonyl (C=O) groups is 4. The van der Waals surface area contributed by atoms with Gasteiger partial charge in [-0.05, 0) is 62.2 Å². The predicted octanol–water partition coefficient (Wildman–Crippen LogP) is -22.5. The van der Waals surface area contributed by atoms with Crippen molar-refractivity contribution in [2.24, 2.45) is 0 Å². The van der Waals surface area contributed by atoms with Gasteiger partial charge in [0.1, 0.15) is 0 Å². The molecule has 32 nitrogen and oxygen atoms in total. The van der Waals surface area contributed by atoms with Crippen molar-refractivity contribution in [2.75, 3.05) is 56.4 Å². The molecule has 1 heterocycles. The van der Waals surface area contributed by atoms with E-state index in [1.807, 2.05) is 0 Å². The Balaban J connectivity index is 0.00000300. The maximum atomic E-state index is 17.1. The Morgan fingerprint density at radius 3 is 0.257 bits per heavy atom. The summed E-state index contributed by atoms with van der Waals surface area (Å²) in [6.45, 7) is 0. The summed E-state index contributed by atoms with van der Waals surface area (Å²) in [4.78, 5) is 249. The first-order valence-corrected chi connectivity index (χ1v) is 59.5. The zero-order chi connectivity index (χ0) is 93.0. The first-order valence-electron chi connectivity index (χ1n) is 38.8. The van der Waals surface area contributed by atoms with Gasteiger partial charge in [0.2, 0.25) is 25.6 Å². The van der Waals surface area contributed by atoms with Crippen molar-refractivity contribution >= 4 is 194 Å². The smallest absolute Gasteiger partial charge is 0.814 e. The molecule has 0 saturated carbocycles. The van der Waals surface area contributed by atoms with Gasteiger partial charge in [-0.25, -0.2) is 0 Å². The van der Waals surface area contributed by atoms with Gasteiger partial charge >= 0.3 is 265 Å². The van der Waals surface area contributed by atoms with Crippen LogP contribution in [0, 0.1) is 0 Å². The van der Waals surface area contributed by atoms with Gasteiger partial charge in [-0.15, -0.1) is 0 Å². The molecule has 4 amide bonds. The van der Waals surface area contributed by atoms with Crippen molar-refractivity contribution in [2.45, 2.75) is 0 Å². The van der Waals surface area contributed by atoms with Gasteiger partial charge in [-0.3, -0.25) is 19.2 Å². The number of carbonyl (C=O) groups excluding carboxylic acids is 4. The third kappa shape index (κ3) is 37.6. The molecule has 52 heteroatoms. The number of nitrogens with zero attached hydrogens (tertiary/aromatic N) is 4. The number of hydrogen-bond acceptors (Lipinski definition) is 28. The standard InChI is InChI=1S/C72H60O24Si12.4C3H7NO.2Cs.4Cu.2Na/c73-97(61-37-13-1-14-38-61)85-98(74,62-39-15-2-16-40-62)87-100(76,64-43-19-4-20-44-64)89-102(78,66-47-23-6-24-48-66)91-104(80,68-51-27-8-28-52-68)93-106(82,70-55-31-10-32-56-70)95-108(84,72-59-35-12-36-60-72)96-107(83,71-57-33-11-34-58-71)94-105(81,69-53-29-9-30-54-69)92-103(79,67-49-25-7-26-50-67)90-101(77,65-45-21-5-22-46-65)88-99(75,86-97)63-41-17-3-18-42-63;4*1-4(2)3-5;;;;;;;;/h1-60H;4*3H,1-2H3;;;;;;;;/q-12;;;;;2*+1;4*+2;2*+1. The Kier molecular flexibility index (Phi) is 60.2. The number of rotatable bonds is 16. The van der Waals surface area contributed by atoms with Crippen LogP contribution in [-0.2, 0) is 137 Å². The van der Waals surface area contributed by atoms with E-state index in [9.17, 15) is 19.2 Å². The van der Waals surface area contributed by atoms with E-state index in [0.717, 1.165) is 171 Å². The van der Waals surface area contributed by atoms with Crippen molar-refractivity contribution in [3.63, 3.8) is 0 Å². The third-order valence-corrected chi connectivity index (χ3v) is 55.9. The molecule has 4 radical (unpaired) electrons. The van der Waals surface area contributed by atoms with Gasteiger partial charge in [-0.1, -0.05) is 364 Å². The molecule has 12 aromatic rings. The van der Waals surface area contributed by atoms with E-state index >= 15 is 57.5 Å². The Morgan fingerprint density at radius 1 is 0.162 bits per heavy atom. The Hall–Kier alpha value is -1.66. The van der Waals surface area contributed by atoms with Crippen LogP contribution >= 0.6 is 0 Å². The molecule has 1 saturated heterocycles. The first-order chi connectivity index (χ1) is 60.8. The fourth-order valence-corrected chi connectivity index (χ4v) is 53.5. The Bertz CT molecular complexity index is 4250. The average Bonchev–Trinajstić information content (AvgIpc) is 0.734. The van der Waals surface area contributed by atoms with Crippen molar-refractivity contribution in [3.8, 4) is 0 Å². The summed E-state index contributed by atoms with van der Waals surface area (Å²) in [5.41, 5.74) is 0. The number of amides is 4. The summed E-state index contributed by atoms with van der Waals surface area (Å²) in [7, 11) is -64.5. The molecule has 0 aromatic heterocycles.